The van der Waals surface area contributed by atoms with Gasteiger partial charge in [0.25, 0.3) is 0 Å². The minimum atomic E-state index is -1.60. The number of carboxylic acid groups (broad SMARTS) is 2. The van der Waals surface area contributed by atoms with E-state index in [1.807, 2.05) is 60.7 Å². The molecule has 2 N–H and O–H groups in total. The largest absolute Gasteiger partial charge is 0.497 e. The highest BCUT2D eigenvalue weighted by molar-refractivity contribution is 6.12. The summed E-state index contributed by atoms with van der Waals surface area (Å²) >= 11 is 0. The van der Waals surface area contributed by atoms with E-state index in [2.05, 4.69) is 0 Å². The molecule has 0 unspecified atom stereocenters. The van der Waals surface area contributed by atoms with Gasteiger partial charge in [-0.15, -0.1) is 0 Å². The number of hydrogen-bond donors (Lipinski definition) is 2. The summed E-state index contributed by atoms with van der Waals surface area (Å²) in [5, 5.41) is 18.8. The molecule has 3 aromatic rings. The summed E-state index contributed by atoms with van der Waals surface area (Å²) in [6.45, 7) is 0. The molecule has 0 bridgehead atoms. The van der Waals surface area contributed by atoms with E-state index in [4.69, 9.17) is 18.9 Å². The van der Waals surface area contributed by atoms with Crippen molar-refractivity contribution in [1.82, 2.24) is 0 Å². The first kappa shape index (κ1) is 26.2. The Labute approximate surface area is 209 Å². The van der Waals surface area contributed by atoms with Crippen LogP contribution in [0.2, 0.25) is 0 Å². The highest BCUT2D eigenvalue weighted by Crippen LogP contribution is 2.36. The van der Waals surface area contributed by atoms with E-state index in [0.717, 1.165) is 17.4 Å². The van der Waals surface area contributed by atoms with Crippen molar-refractivity contribution in [3.8, 4) is 17.2 Å². The summed E-state index contributed by atoms with van der Waals surface area (Å²) in [5.41, 5.74) is 0.422. The van der Waals surface area contributed by atoms with Gasteiger partial charge in [-0.1, -0.05) is 36.4 Å². The first-order valence-corrected chi connectivity index (χ1v) is 11.0. The minimum Gasteiger partial charge on any atom is -0.497 e. The van der Waals surface area contributed by atoms with Crippen LogP contribution in [0.3, 0.4) is 0 Å². The Bertz CT molecular complexity index is 1130. The molecule has 0 radical (unpaired) electrons. The lowest BCUT2D eigenvalue weighted by Gasteiger charge is -2.35. The van der Waals surface area contributed by atoms with E-state index in [-0.39, 0.29) is 0 Å². The molecule has 8 nitrogen and oxygen atoms in total. The van der Waals surface area contributed by atoms with Gasteiger partial charge in [0.2, 0.25) is 0 Å². The summed E-state index contributed by atoms with van der Waals surface area (Å²) < 4.78 is 22.0. The number of methoxy groups -OCH3 is 3. The number of rotatable bonds is 12. The average molecular weight is 493 g/mol. The zero-order valence-electron chi connectivity index (χ0n) is 20.3. The van der Waals surface area contributed by atoms with Crippen LogP contribution in [0.4, 0.5) is 0 Å². The quantitative estimate of drug-likeness (QED) is 0.165. The topological polar surface area (TPSA) is 112 Å². The molecule has 3 aromatic carbocycles. The predicted molar refractivity (Wildman–Crippen MR) is 133 cm³/mol. The van der Waals surface area contributed by atoms with Gasteiger partial charge in [-0.3, -0.25) is 0 Å². The number of benzene rings is 3. The Balaban J connectivity index is 2.16. The van der Waals surface area contributed by atoms with Crippen molar-refractivity contribution in [1.29, 1.82) is 0 Å². The summed E-state index contributed by atoms with van der Waals surface area (Å²) in [5.74, 6) is -1.19. The maximum atomic E-state index is 11.6. The van der Waals surface area contributed by atoms with Crippen molar-refractivity contribution >= 4 is 11.9 Å². The molecule has 8 heteroatoms. The lowest BCUT2D eigenvalue weighted by atomic mass is 9.81. The molecule has 0 aromatic heterocycles. The minimum absolute atomic E-state index is 0.304. The third-order valence-corrected chi connectivity index (χ3v) is 5.78. The smallest absolute Gasteiger partial charge is 0.346 e. The summed E-state index contributed by atoms with van der Waals surface area (Å²) in [4.78, 5) is 23.1. The van der Waals surface area contributed by atoms with Crippen molar-refractivity contribution < 1.29 is 38.7 Å². The molecular formula is C28H28O8. The second-order valence-electron chi connectivity index (χ2n) is 8.03. The predicted octanol–water partition coefficient (Wildman–Crippen LogP) is 4.46. The first-order chi connectivity index (χ1) is 17.3. The molecule has 0 saturated carbocycles. The molecule has 0 aliphatic rings. The fourth-order valence-corrected chi connectivity index (χ4v) is 3.82. The highest BCUT2D eigenvalue weighted by Gasteiger charge is 2.36. The number of ether oxygens (including phenoxy) is 4. The fraction of sp³-hybridized carbons (Fsp3) is 0.214. The van der Waals surface area contributed by atoms with Crippen molar-refractivity contribution in [2.45, 2.75) is 18.4 Å². The summed E-state index contributed by atoms with van der Waals surface area (Å²) in [7, 11) is 4.71. The summed E-state index contributed by atoms with van der Waals surface area (Å²) in [6, 6.07) is 22.0. The number of carbonyl (C=O) groups is 2. The van der Waals surface area contributed by atoms with Crippen molar-refractivity contribution in [3.63, 3.8) is 0 Å². The normalized spacial score (nSPS) is 10.8. The van der Waals surface area contributed by atoms with Gasteiger partial charge in [0.05, 0.1) is 21.3 Å². The zero-order chi connectivity index (χ0) is 26.1. The number of carboxylic acids is 2. The monoisotopic (exact) mass is 492 g/mol. The standard InChI is InChI=1S/C28H28O8/c1-33-22-10-4-19(5-11-22)16-28(21-8-14-24(35-3)15-9-21,36-18-25(26(29)30)27(31)32)17-20-6-12-23(34-2)13-7-20/h4-15,18H,16-17H2,1-3H3,(H,29,30)(H,31,32). The van der Waals surface area contributed by atoms with Gasteiger partial charge in [-0.25, -0.2) is 9.59 Å². The van der Waals surface area contributed by atoms with Crippen LogP contribution in [0.25, 0.3) is 0 Å². The molecule has 0 aliphatic carbocycles. The lowest BCUT2D eigenvalue weighted by Crippen LogP contribution is -2.34. The van der Waals surface area contributed by atoms with E-state index >= 15 is 0 Å². The van der Waals surface area contributed by atoms with Crippen LogP contribution in [0.5, 0.6) is 17.2 Å². The van der Waals surface area contributed by atoms with E-state index < -0.39 is 23.1 Å². The third kappa shape index (κ3) is 6.35. The maximum absolute atomic E-state index is 11.6. The van der Waals surface area contributed by atoms with Gasteiger partial charge in [-0.2, -0.15) is 0 Å². The maximum Gasteiger partial charge on any atom is 0.346 e. The Morgan fingerprint density at radius 2 is 1.03 bits per heavy atom. The second-order valence-corrected chi connectivity index (χ2v) is 8.03. The third-order valence-electron chi connectivity index (χ3n) is 5.78. The highest BCUT2D eigenvalue weighted by atomic mass is 16.5. The molecular weight excluding hydrogens is 464 g/mol. The molecule has 0 aliphatic heterocycles. The van der Waals surface area contributed by atoms with E-state index in [1.165, 1.54) is 0 Å². The van der Waals surface area contributed by atoms with Crippen molar-refractivity contribution in [3.05, 3.63) is 101 Å². The van der Waals surface area contributed by atoms with E-state index in [9.17, 15) is 19.8 Å². The van der Waals surface area contributed by atoms with Crippen LogP contribution in [0.1, 0.15) is 16.7 Å². The molecule has 0 heterocycles. The second kappa shape index (κ2) is 11.8. The molecule has 0 saturated heterocycles. The van der Waals surface area contributed by atoms with E-state index in [0.29, 0.717) is 35.7 Å². The molecule has 188 valence electrons. The Morgan fingerprint density at radius 3 is 1.36 bits per heavy atom. The zero-order valence-corrected chi connectivity index (χ0v) is 20.3. The Hall–Kier alpha value is -4.46. The Kier molecular flexibility index (Phi) is 8.57. The lowest BCUT2D eigenvalue weighted by molar-refractivity contribution is -0.140. The molecule has 0 amide bonds. The first-order valence-electron chi connectivity index (χ1n) is 11.0. The van der Waals surface area contributed by atoms with Crippen LogP contribution >= 0.6 is 0 Å². The van der Waals surface area contributed by atoms with E-state index in [1.54, 1.807) is 33.5 Å². The van der Waals surface area contributed by atoms with Crippen LogP contribution in [0, 0.1) is 0 Å². The van der Waals surface area contributed by atoms with Crippen LogP contribution < -0.4 is 14.2 Å². The molecule has 0 fully saturated rings. The van der Waals surface area contributed by atoms with Gasteiger partial charge in [0.1, 0.15) is 29.1 Å². The van der Waals surface area contributed by atoms with Gasteiger partial charge >= 0.3 is 11.9 Å². The van der Waals surface area contributed by atoms with Crippen molar-refractivity contribution in [2.75, 3.05) is 21.3 Å². The van der Waals surface area contributed by atoms with Gasteiger partial charge in [0.15, 0.2) is 5.57 Å². The summed E-state index contributed by atoms with van der Waals surface area (Å²) in [6.07, 6.45) is 1.42. The number of aliphatic carboxylic acids is 2. The molecule has 0 atom stereocenters. The van der Waals surface area contributed by atoms with Gasteiger partial charge in [0, 0.05) is 12.8 Å². The molecule has 0 spiro atoms. The van der Waals surface area contributed by atoms with Crippen LogP contribution in [-0.4, -0.2) is 43.5 Å². The SMILES string of the molecule is COc1ccc(CC(Cc2ccc(OC)cc2)(OC=C(C(=O)O)C(=O)O)c2ccc(OC)cc2)cc1. The van der Waals surface area contributed by atoms with Gasteiger partial charge in [-0.05, 0) is 53.1 Å². The number of hydrogen-bond acceptors (Lipinski definition) is 6. The molecule has 3 rings (SSSR count). The van der Waals surface area contributed by atoms with Crippen LogP contribution in [0.15, 0.2) is 84.6 Å². The Morgan fingerprint density at radius 1 is 0.667 bits per heavy atom. The van der Waals surface area contributed by atoms with Gasteiger partial charge < -0.3 is 29.2 Å². The molecule has 36 heavy (non-hydrogen) atoms. The van der Waals surface area contributed by atoms with Crippen LogP contribution in [-0.2, 0) is 32.8 Å². The average Bonchev–Trinajstić information content (AvgIpc) is 2.89. The van der Waals surface area contributed by atoms with Crippen molar-refractivity contribution in [2.24, 2.45) is 0 Å². The fourth-order valence-electron chi connectivity index (χ4n) is 3.82.